The molecule has 310 valence electrons. The van der Waals surface area contributed by atoms with E-state index in [0.29, 0.717) is 0 Å². The standard InChI is InChI=1S/C60H6.2C4H11N/c1-3-5-7-9-11-13-15-17-19-21-23-25-27-29-31-33-35-37-39-41-43-45-47-49-51-53-55-57-59-60-58-56-54-52-50-48-46-44-42-40-38-36-34-32-30-28-26-24-22-20-18-16-14-12-10-8-6-4-2;2*1-3-5-4-2/h1-2H3;2*5H,3-4H2,1-2H3. The van der Waals surface area contributed by atoms with E-state index in [4.69, 9.17) is 0 Å². The zero-order valence-electron chi connectivity index (χ0n) is 38.8. The monoisotopic (exact) mass is 872 g/mol. The Hall–Kier alpha value is -12.8. The maximum atomic E-state index is 3.11. The van der Waals surface area contributed by atoms with Crippen LogP contribution in [0.3, 0.4) is 0 Å². The van der Waals surface area contributed by atoms with Crippen molar-refractivity contribution in [1.29, 1.82) is 0 Å². The average molecular weight is 873 g/mol. The minimum Gasteiger partial charge on any atom is -0.317 e. The zero-order valence-corrected chi connectivity index (χ0v) is 38.8. The summed E-state index contributed by atoms with van der Waals surface area (Å²) in [6, 6.07) is 0. The average Bonchev–Trinajstić information content (AvgIpc) is 3.37. The van der Waals surface area contributed by atoms with Crippen molar-refractivity contribution in [3.8, 4) is 343 Å². The Morgan fingerprint density at radius 3 is 0.257 bits per heavy atom. The van der Waals surface area contributed by atoms with Gasteiger partial charge in [-0.25, -0.2) is 0 Å². The summed E-state index contributed by atoms with van der Waals surface area (Å²) >= 11 is 0. The van der Waals surface area contributed by atoms with Crippen molar-refractivity contribution in [1.82, 2.24) is 10.6 Å². The van der Waals surface area contributed by atoms with Crippen LogP contribution in [0.2, 0.25) is 0 Å². The van der Waals surface area contributed by atoms with Crippen LogP contribution in [0.1, 0.15) is 41.5 Å². The van der Waals surface area contributed by atoms with E-state index >= 15 is 0 Å². The molecule has 0 saturated heterocycles. The molecule has 0 aliphatic rings. The molecule has 2 heteroatoms. The number of hydrogen-bond donors (Lipinski definition) is 2. The molecule has 0 bridgehead atoms. The fourth-order valence-electron chi connectivity index (χ4n) is 2.31. The van der Waals surface area contributed by atoms with Gasteiger partial charge >= 0.3 is 0 Å². The Bertz CT molecular complexity index is 3640. The number of hydrogen-bond acceptors (Lipinski definition) is 2. The Labute approximate surface area is 419 Å². The summed E-state index contributed by atoms with van der Waals surface area (Å²) in [7, 11) is 0. The van der Waals surface area contributed by atoms with Crippen LogP contribution in [0, 0.1) is 343 Å². The predicted octanol–water partition coefficient (Wildman–Crippen LogP) is 2.36. The van der Waals surface area contributed by atoms with Gasteiger partial charge in [-0.3, -0.25) is 0 Å². The topological polar surface area (TPSA) is 24.1 Å². The second-order valence-corrected chi connectivity index (χ2v) is 9.41. The van der Waals surface area contributed by atoms with Gasteiger partial charge in [0.1, 0.15) is 0 Å². The predicted molar refractivity (Wildman–Crippen MR) is 285 cm³/mol. The summed E-state index contributed by atoms with van der Waals surface area (Å²) in [6.07, 6.45) is 0. The smallest absolute Gasteiger partial charge is 0 e. The molecule has 0 spiro atoms. The summed E-state index contributed by atoms with van der Waals surface area (Å²) in [4.78, 5) is 0. The summed E-state index contributed by atoms with van der Waals surface area (Å²) in [5.74, 6) is 146. The highest BCUT2D eigenvalue weighted by molar-refractivity contribution is 5.51. The first-order chi connectivity index (χ1) is 34.7. The lowest BCUT2D eigenvalue weighted by molar-refractivity contribution is 0.762. The van der Waals surface area contributed by atoms with E-state index in [-0.39, 0.29) is 0 Å². The molecule has 0 atom stereocenters. The SMILES string of the molecule is CC#CC#CC#CC#CC#CC#CC#CC#CC#CC#CC#CC#CC#CC#CC#CC#CC#CC#CC#CC#CC#CC#CC#CC#CC#CC#CC#CC#CC#CC.CCNCC.CCNCC. The molecule has 0 fully saturated rings. The summed E-state index contributed by atoms with van der Waals surface area (Å²) < 4.78 is 0. The Kier molecular flexibility index (Phi) is 57.3. The molecular formula is C68H28N2. The summed E-state index contributed by atoms with van der Waals surface area (Å²) in [6.45, 7) is 16.1. The molecule has 2 nitrogen and oxygen atoms in total. The van der Waals surface area contributed by atoms with Crippen molar-refractivity contribution in [2.75, 3.05) is 26.2 Å². The summed E-state index contributed by atoms with van der Waals surface area (Å²) in [5.41, 5.74) is 0. The van der Waals surface area contributed by atoms with Crippen LogP contribution in [0.5, 0.6) is 0 Å². The van der Waals surface area contributed by atoms with E-state index in [2.05, 4.69) is 382 Å². The Morgan fingerprint density at radius 1 is 0.143 bits per heavy atom. The Morgan fingerprint density at radius 2 is 0.214 bits per heavy atom. The molecule has 0 unspecified atom stereocenters. The van der Waals surface area contributed by atoms with Crippen molar-refractivity contribution in [2.24, 2.45) is 0 Å². The van der Waals surface area contributed by atoms with E-state index in [9.17, 15) is 0 Å². The first kappa shape index (κ1) is 61.5. The molecule has 0 aromatic heterocycles. The van der Waals surface area contributed by atoms with Gasteiger partial charge in [-0.1, -0.05) is 39.5 Å². The molecular weight excluding hydrogens is 845 g/mol. The highest BCUT2D eigenvalue weighted by Crippen LogP contribution is 1.63. The first-order valence-corrected chi connectivity index (χ1v) is 19.5. The minimum atomic E-state index is 1.09. The van der Waals surface area contributed by atoms with Gasteiger partial charge in [-0.2, -0.15) is 0 Å². The lowest BCUT2D eigenvalue weighted by Crippen LogP contribution is -2.09. The third-order valence-electron chi connectivity index (χ3n) is 4.69. The number of rotatable bonds is 4. The molecule has 0 aromatic carbocycles. The second kappa shape index (κ2) is 65.3. The van der Waals surface area contributed by atoms with Crippen LogP contribution in [0.25, 0.3) is 0 Å². The molecule has 0 rings (SSSR count). The van der Waals surface area contributed by atoms with Crippen LogP contribution in [-0.4, -0.2) is 26.2 Å². The van der Waals surface area contributed by atoms with E-state index in [1.807, 2.05) is 0 Å². The van der Waals surface area contributed by atoms with E-state index < -0.39 is 0 Å². The van der Waals surface area contributed by atoms with Gasteiger partial charge in [0.05, 0.1) is 0 Å². The third kappa shape index (κ3) is 69.8. The van der Waals surface area contributed by atoms with Crippen LogP contribution in [-0.2, 0) is 0 Å². The van der Waals surface area contributed by atoms with Gasteiger partial charge in [0.15, 0.2) is 0 Å². The number of nitrogens with one attached hydrogen (secondary N) is 2. The van der Waals surface area contributed by atoms with Crippen molar-refractivity contribution >= 4 is 0 Å². The highest BCUT2D eigenvalue weighted by atomic mass is 14.8. The molecule has 0 aromatic rings. The molecule has 0 saturated carbocycles. The highest BCUT2D eigenvalue weighted by Gasteiger charge is 1.65. The Balaban J connectivity index is -0.00000404. The molecule has 2 N–H and O–H groups in total. The quantitative estimate of drug-likeness (QED) is 0.425. The maximum Gasteiger partial charge on any atom is 0 e. The first-order valence-electron chi connectivity index (χ1n) is 19.5. The van der Waals surface area contributed by atoms with Crippen molar-refractivity contribution in [3.05, 3.63) is 0 Å². The molecule has 0 amide bonds. The van der Waals surface area contributed by atoms with E-state index in [1.54, 1.807) is 13.8 Å². The molecule has 0 aliphatic carbocycles. The van der Waals surface area contributed by atoms with Crippen molar-refractivity contribution in [3.63, 3.8) is 0 Å². The minimum absolute atomic E-state index is 1.09. The maximum absolute atomic E-state index is 3.11. The van der Waals surface area contributed by atoms with Crippen LogP contribution in [0.15, 0.2) is 0 Å². The summed E-state index contributed by atoms with van der Waals surface area (Å²) in [5, 5.41) is 6.22. The van der Waals surface area contributed by atoms with Crippen LogP contribution in [0.4, 0.5) is 0 Å². The van der Waals surface area contributed by atoms with Gasteiger partial charge in [0.2, 0.25) is 0 Å². The van der Waals surface area contributed by atoms with Gasteiger partial charge in [0.25, 0.3) is 0 Å². The third-order valence-corrected chi connectivity index (χ3v) is 4.69. The van der Waals surface area contributed by atoms with Gasteiger partial charge in [-0.05, 0) is 135 Å². The van der Waals surface area contributed by atoms with Crippen molar-refractivity contribution < 1.29 is 0 Å². The van der Waals surface area contributed by atoms with Crippen molar-refractivity contribution in [2.45, 2.75) is 41.5 Å². The zero-order chi connectivity index (χ0) is 51.3. The molecule has 0 aliphatic heterocycles. The largest absolute Gasteiger partial charge is 0.317 e. The van der Waals surface area contributed by atoms with Gasteiger partial charge in [0, 0.05) is 237 Å². The second-order valence-electron chi connectivity index (χ2n) is 9.41. The van der Waals surface area contributed by atoms with Crippen LogP contribution >= 0.6 is 0 Å². The lowest BCUT2D eigenvalue weighted by atomic mass is 10.4. The molecule has 0 radical (unpaired) electrons. The van der Waals surface area contributed by atoms with Gasteiger partial charge in [-0.15, -0.1) is 0 Å². The normalized spacial score (nSPS) is 4.60. The molecule has 70 heavy (non-hydrogen) atoms. The van der Waals surface area contributed by atoms with E-state index in [0.717, 1.165) is 26.2 Å². The van der Waals surface area contributed by atoms with Gasteiger partial charge < -0.3 is 10.6 Å². The van der Waals surface area contributed by atoms with E-state index in [1.165, 1.54) is 0 Å². The lowest BCUT2D eigenvalue weighted by Gasteiger charge is -1.86. The molecule has 0 heterocycles. The fourth-order valence-corrected chi connectivity index (χ4v) is 2.31. The fraction of sp³-hybridized carbons (Fsp3) is 0.147. The van der Waals surface area contributed by atoms with Crippen LogP contribution < -0.4 is 10.6 Å².